The largest absolute Gasteiger partial charge is 0.388 e. The monoisotopic (exact) mass is 326 g/mol. The first-order valence-corrected chi connectivity index (χ1v) is 7.24. The SMILES string of the molecule is CC(C)C(C)(O)CNC(=O)Nc1ccc2nc(C(F)F)[nH]c2c1. The van der Waals surface area contributed by atoms with E-state index in [1.165, 1.54) is 12.1 Å². The Kier molecular flexibility index (Phi) is 4.84. The number of hydrogen-bond acceptors (Lipinski definition) is 3. The summed E-state index contributed by atoms with van der Waals surface area (Å²) >= 11 is 0. The Hall–Kier alpha value is -2.22. The van der Waals surface area contributed by atoms with Crippen molar-refractivity contribution in [1.82, 2.24) is 15.3 Å². The van der Waals surface area contributed by atoms with E-state index in [0.717, 1.165) is 0 Å². The Morgan fingerprint density at radius 3 is 2.74 bits per heavy atom. The number of anilines is 1. The summed E-state index contributed by atoms with van der Waals surface area (Å²) in [6, 6.07) is 4.14. The van der Waals surface area contributed by atoms with E-state index < -0.39 is 23.9 Å². The first kappa shape index (κ1) is 17.1. The Labute approximate surface area is 132 Å². The van der Waals surface area contributed by atoms with Gasteiger partial charge >= 0.3 is 6.03 Å². The van der Waals surface area contributed by atoms with Crippen LogP contribution in [0.5, 0.6) is 0 Å². The van der Waals surface area contributed by atoms with Gasteiger partial charge in [-0.2, -0.15) is 0 Å². The zero-order valence-electron chi connectivity index (χ0n) is 13.2. The van der Waals surface area contributed by atoms with Crippen molar-refractivity contribution in [2.24, 2.45) is 5.92 Å². The fourth-order valence-corrected chi connectivity index (χ4v) is 1.85. The minimum absolute atomic E-state index is 0.0167. The van der Waals surface area contributed by atoms with E-state index >= 15 is 0 Å². The molecule has 2 amide bonds. The minimum atomic E-state index is -2.68. The number of hydrogen-bond donors (Lipinski definition) is 4. The van der Waals surface area contributed by atoms with Crippen molar-refractivity contribution >= 4 is 22.8 Å². The van der Waals surface area contributed by atoms with Crippen LogP contribution in [0.15, 0.2) is 18.2 Å². The van der Waals surface area contributed by atoms with Crippen LogP contribution in [0.25, 0.3) is 11.0 Å². The van der Waals surface area contributed by atoms with Crippen LogP contribution in [0.4, 0.5) is 19.3 Å². The van der Waals surface area contributed by atoms with Gasteiger partial charge in [0.15, 0.2) is 5.82 Å². The van der Waals surface area contributed by atoms with Crippen LogP contribution >= 0.6 is 0 Å². The van der Waals surface area contributed by atoms with Crippen LogP contribution < -0.4 is 10.6 Å². The molecule has 0 bridgehead atoms. The van der Waals surface area contributed by atoms with Crippen molar-refractivity contribution in [2.45, 2.75) is 32.8 Å². The lowest BCUT2D eigenvalue weighted by Crippen LogP contribution is -2.45. The highest BCUT2D eigenvalue weighted by molar-refractivity contribution is 5.91. The van der Waals surface area contributed by atoms with E-state index in [4.69, 9.17) is 0 Å². The van der Waals surface area contributed by atoms with E-state index in [9.17, 15) is 18.7 Å². The maximum absolute atomic E-state index is 12.6. The average Bonchev–Trinajstić information content (AvgIpc) is 2.88. The van der Waals surface area contributed by atoms with E-state index in [1.54, 1.807) is 13.0 Å². The van der Waals surface area contributed by atoms with Crippen molar-refractivity contribution in [3.8, 4) is 0 Å². The van der Waals surface area contributed by atoms with Gasteiger partial charge in [0.1, 0.15) is 0 Å². The summed E-state index contributed by atoms with van der Waals surface area (Å²) in [5.74, 6) is -0.425. The zero-order chi connectivity index (χ0) is 17.2. The Balaban J connectivity index is 2.02. The van der Waals surface area contributed by atoms with Crippen LogP contribution in [0.2, 0.25) is 0 Å². The first-order valence-electron chi connectivity index (χ1n) is 7.24. The molecule has 1 unspecified atom stereocenters. The molecule has 4 N–H and O–H groups in total. The highest BCUT2D eigenvalue weighted by Crippen LogP contribution is 2.22. The zero-order valence-corrected chi connectivity index (χ0v) is 13.2. The molecule has 0 saturated heterocycles. The average molecular weight is 326 g/mol. The molecule has 1 aromatic heterocycles. The smallest absolute Gasteiger partial charge is 0.319 e. The number of nitrogens with zero attached hydrogens (tertiary/aromatic N) is 1. The Morgan fingerprint density at radius 1 is 1.43 bits per heavy atom. The van der Waals surface area contributed by atoms with Gasteiger partial charge in [-0.15, -0.1) is 0 Å². The lowest BCUT2D eigenvalue weighted by atomic mass is 9.93. The molecule has 0 aliphatic rings. The fraction of sp³-hybridized carbons (Fsp3) is 0.467. The number of nitrogens with one attached hydrogen (secondary N) is 3. The molecule has 2 aromatic rings. The molecular formula is C15H20F2N4O2. The van der Waals surface area contributed by atoms with E-state index in [2.05, 4.69) is 20.6 Å². The van der Waals surface area contributed by atoms with Gasteiger partial charge in [0.25, 0.3) is 6.43 Å². The number of carbonyl (C=O) groups is 1. The first-order chi connectivity index (χ1) is 10.7. The number of imidazole rings is 1. The predicted molar refractivity (Wildman–Crippen MR) is 83.5 cm³/mol. The summed E-state index contributed by atoms with van der Waals surface area (Å²) in [7, 11) is 0. The number of aromatic nitrogens is 2. The number of carbonyl (C=O) groups excluding carboxylic acids is 1. The number of fused-ring (bicyclic) bond motifs is 1. The number of benzene rings is 1. The number of rotatable bonds is 5. The molecule has 0 spiro atoms. The van der Waals surface area contributed by atoms with Crippen LogP contribution in [-0.2, 0) is 0 Å². The molecule has 1 atom stereocenters. The number of urea groups is 1. The number of halogens is 2. The van der Waals surface area contributed by atoms with Crippen LogP contribution in [0.3, 0.4) is 0 Å². The molecule has 1 heterocycles. The second-order valence-electron chi connectivity index (χ2n) is 5.97. The molecule has 1 aromatic carbocycles. The van der Waals surface area contributed by atoms with Gasteiger partial charge in [-0.1, -0.05) is 13.8 Å². The van der Waals surface area contributed by atoms with Crippen molar-refractivity contribution in [1.29, 1.82) is 0 Å². The van der Waals surface area contributed by atoms with Gasteiger partial charge in [0.05, 0.1) is 16.6 Å². The van der Waals surface area contributed by atoms with Crippen LogP contribution in [0.1, 0.15) is 33.0 Å². The molecule has 126 valence electrons. The van der Waals surface area contributed by atoms with Crippen LogP contribution in [-0.4, -0.2) is 33.3 Å². The normalized spacial score (nSPS) is 14.3. The second kappa shape index (κ2) is 6.49. The van der Waals surface area contributed by atoms with Gasteiger partial charge in [-0.25, -0.2) is 18.6 Å². The number of aromatic amines is 1. The molecule has 6 nitrogen and oxygen atoms in total. The van der Waals surface area contributed by atoms with Gasteiger partial charge < -0.3 is 20.7 Å². The molecule has 0 radical (unpaired) electrons. The van der Waals surface area contributed by atoms with Gasteiger partial charge in [0.2, 0.25) is 0 Å². The molecule has 0 aliphatic heterocycles. The Morgan fingerprint density at radius 2 is 2.13 bits per heavy atom. The third-order valence-corrected chi connectivity index (χ3v) is 3.82. The van der Waals surface area contributed by atoms with Crippen molar-refractivity contribution < 1.29 is 18.7 Å². The highest BCUT2D eigenvalue weighted by atomic mass is 19.3. The predicted octanol–water partition coefficient (Wildman–Crippen LogP) is 3.03. The maximum atomic E-state index is 12.6. The molecule has 23 heavy (non-hydrogen) atoms. The van der Waals surface area contributed by atoms with E-state index in [0.29, 0.717) is 16.7 Å². The summed E-state index contributed by atoms with van der Waals surface area (Å²) in [5.41, 5.74) is 0.224. The fourth-order valence-electron chi connectivity index (χ4n) is 1.85. The number of amides is 2. The topological polar surface area (TPSA) is 90.0 Å². The molecule has 0 fully saturated rings. The summed E-state index contributed by atoms with van der Waals surface area (Å²) in [6.07, 6.45) is -2.68. The van der Waals surface area contributed by atoms with E-state index in [1.807, 2.05) is 13.8 Å². The van der Waals surface area contributed by atoms with Crippen molar-refractivity contribution in [3.63, 3.8) is 0 Å². The summed E-state index contributed by atoms with van der Waals surface area (Å²) < 4.78 is 25.2. The third-order valence-electron chi connectivity index (χ3n) is 3.82. The van der Waals surface area contributed by atoms with Gasteiger partial charge in [-0.3, -0.25) is 0 Å². The molecule has 0 aliphatic carbocycles. The number of H-pyrrole nitrogens is 1. The third kappa shape index (κ3) is 4.16. The summed E-state index contributed by atoms with van der Waals surface area (Å²) in [4.78, 5) is 18.1. The lowest BCUT2D eigenvalue weighted by molar-refractivity contribution is 0.0170. The minimum Gasteiger partial charge on any atom is -0.388 e. The second-order valence-corrected chi connectivity index (χ2v) is 5.97. The lowest BCUT2D eigenvalue weighted by Gasteiger charge is -2.27. The van der Waals surface area contributed by atoms with Crippen molar-refractivity contribution in [3.05, 3.63) is 24.0 Å². The van der Waals surface area contributed by atoms with Gasteiger partial charge in [0, 0.05) is 12.2 Å². The highest BCUT2D eigenvalue weighted by Gasteiger charge is 2.25. The molecule has 2 rings (SSSR count). The molecule has 8 heteroatoms. The maximum Gasteiger partial charge on any atom is 0.319 e. The molecular weight excluding hydrogens is 306 g/mol. The van der Waals surface area contributed by atoms with Crippen molar-refractivity contribution in [2.75, 3.05) is 11.9 Å². The quantitative estimate of drug-likeness (QED) is 0.681. The van der Waals surface area contributed by atoms with Gasteiger partial charge in [-0.05, 0) is 31.0 Å². The number of alkyl halides is 2. The van der Waals surface area contributed by atoms with E-state index in [-0.39, 0.29) is 12.5 Å². The molecule has 0 saturated carbocycles. The summed E-state index contributed by atoms with van der Waals surface area (Å²) in [6.45, 7) is 5.44. The standard InChI is InChI=1S/C15H20F2N4O2/c1-8(2)15(3,23)7-18-14(22)19-9-4-5-10-11(6-9)21-13(20-10)12(16)17/h4-6,8,12,23H,7H2,1-3H3,(H,20,21)(H2,18,19,22). The number of aliphatic hydroxyl groups is 1. The van der Waals surface area contributed by atoms with Crippen LogP contribution in [0, 0.1) is 5.92 Å². The summed E-state index contributed by atoms with van der Waals surface area (Å²) in [5, 5.41) is 15.2. The Bertz CT molecular complexity index is 698.